The van der Waals surface area contributed by atoms with Crippen LogP contribution in [0.15, 0.2) is 12.1 Å². The van der Waals surface area contributed by atoms with Crippen molar-refractivity contribution in [2.45, 2.75) is 25.5 Å². The molecule has 0 aliphatic rings. The number of hydrogen-bond acceptors (Lipinski definition) is 3. The van der Waals surface area contributed by atoms with Crippen LogP contribution in [-0.4, -0.2) is 27.2 Å². The van der Waals surface area contributed by atoms with E-state index in [0.717, 1.165) is 0 Å². The van der Waals surface area contributed by atoms with E-state index in [2.05, 4.69) is 5.32 Å². The maximum atomic E-state index is 11.7. The molecule has 0 aliphatic heterocycles. The van der Waals surface area contributed by atoms with E-state index in [1.807, 2.05) is 20.8 Å². The van der Waals surface area contributed by atoms with Crippen molar-refractivity contribution in [3.8, 4) is 0 Å². The van der Waals surface area contributed by atoms with Crippen molar-refractivity contribution in [1.29, 1.82) is 0 Å². The first kappa shape index (κ1) is 14.7. The third-order valence-electron chi connectivity index (χ3n) is 2.05. The van der Waals surface area contributed by atoms with Gasteiger partial charge < -0.3 is 5.32 Å². The van der Waals surface area contributed by atoms with Crippen molar-refractivity contribution in [1.82, 2.24) is 5.32 Å². The molecule has 0 fully saturated rings. The minimum atomic E-state index is -0.942. The summed E-state index contributed by atoms with van der Waals surface area (Å²) in [5, 5.41) is 2.74. The maximum absolute atomic E-state index is 11.7. The monoisotopic (exact) mass is 293 g/mol. The molecule has 1 atom stereocenters. The SMILES string of the molecule is CC(C)(C)S(=O)CCNC(=O)c1ccc(Cl)s1. The number of thiophene rings is 1. The molecule has 1 unspecified atom stereocenters. The molecular formula is C11H16ClNO2S2. The van der Waals surface area contributed by atoms with Gasteiger partial charge in [-0.25, -0.2) is 0 Å². The van der Waals surface area contributed by atoms with Crippen LogP contribution in [-0.2, 0) is 10.8 Å². The molecule has 0 aliphatic carbocycles. The summed E-state index contributed by atoms with van der Waals surface area (Å²) in [5.74, 6) is 0.307. The summed E-state index contributed by atoms with van der Waals surface area (Å²) < 4.78 is 12.1. The Morgan fingerprint density at radius 1 is 1.47 bits per heavy atom. The number of nitrogens with one attached hydrogen (secondary N) is 1. The van der Waals surface area contributed by atoms with Gasteiger partial charge in [0.25, 0.3) is 5.91 Å². The molecular weight excluding hydrogens is 278 g/mol. The third kappa shape index (κ3) is 4.77. The van der Waals surface area contributed by atoms with Gasteiger partial charge >= 0.3 is 0 Å². The van der Waals surface area contributed by atoms with Crippen molar-refractivity contribution in [2.24, 2.45) is 0 Å². The van der Waals surface area contributed by atoms with E-state index in [1.54, 1.807) is 12.1 Å². The number of amides is 1. The summed E-state index contributed by atoms with van der Waals surface area (Å²) in [7, 11) is -0.942. The molecule has 0 aromatic carbocycles. The molecule has 1 heterocycles. The first-order valence-electron chi connectivity index (χ1n) is 5.23. The molecule has 0 spiro atoms. The Kier molecular flexibility index (Phi) is 5.16. The van der Waals surface area contributed by atoms with Crippen LogP contribution in [0.1, 0.15) is 30.4 Å². The van der Waals surface area contributed by atoms with Gasteiger partial charge in [0.05, 0.1) is 9.21 Å². The highest BCUT2D eigenvalue weighted by Gasteiger charge is 2.19. The van der Waals surface area contributed by atoms with Crippen molar-refractivity contribution in [3.05, 3.63) is 21.3 Å². The Morgan fingerprint density at radius 3 is 2.59 bits per heavy atom. The van der Waals surface area contributed by atoms with E-state index in [-0.39, 0.29) is 10.7 Å². The summed E-state index contributed by atoms with van der Waals surface area (Å²) in [4.78, 5) is 12.2. The fourth-order valence-corrected chi connectivity index (χ4v) is 2.95. The summed E-state index contributed by atoms with van der Waals surface area (Å²) in [6.45, 7) is 6.18. The van der Waals surface area contributed by atoms with Gasteiger partial charge in [-0.2, -0.15) is 0 Å². The van der Waals surface area contributed by atoms with E-state index in [4.69, 9.17) is 11.6 Å². The minimum Gasteiger partial charge on any atom is -0.350 e. The fraction of sp³-hybridized carbons (Fsp3) is 0.545. The first-order chi connectivity index (χ1) is 7.80. The standard InChI is InChI=1S/C11H16ClNO2S2/c1-11(2,3)17(15)7-6-13-10(14)8-4-5-9(12)16-8/h4-5H,6-7H2,1-3H3,(H,13,14). The molecule has 17 heavy (non-hydrogen) atoms. The van der Waals surface area contributed by atoms with Crippen LogP contribution in [0.3, 0.4) is 0 Å². The number of hydrogen-bond donors (Lipinski definition) is 1. The second-order valence-corrected chi connectivity index (χ2v) is 8.56. The van der Waals surface area contributed by atoms with Crippen LogP contribution in [0.2, 0.25) is 4.34 Å². The highest BCUT2D eigenvalue weighted by molar-refractivity contribution is 7.86. The predicted molar refractivity (Wildman–Crippen MR) is 74.4 cm³/mol. The Hall–Kier alpha value is -0.390. The van der Waals surface area contributed by atoms with Gasteiger partial charge in [-0.05, 0) is 32.9 Å². The van der Waals surface area contributed by atoms with Gasteiger partial charge in [-0.1, -0.05) is 11.6 Å². The molecule has 1 aromatic heterocycles. The summed E-state index contributed by atoms with van der Waals surface area (Å²) in [6, 6.07) is 3.37. The molecule has 6 heteroatoms. The first-order valence-corrected chi connectivity index (χ1v) is 7.74. The highest BCUT2D eigenvalue weighted by Crippen LogP contribution is 2.21. The Bertz CT molecular complexity index is 423. The van der Waals surface area contributed by atoms with Crippen molar-refractivity contribution >= 4 is 39.6 Å². The van der Waals surface area contributed by atoms with E-state index in [0.29, 0.717) is 21.5 Å². The second kappa shape index (κ2) is 5.98. The number of carbonyl (C=O) groups excluding carboxylic acids is 1. The molecule has 0 saturated carbocycles. The maximum Gasteiger partial charge on any atom is 0.261 e. The van der Waals surface area contributed by atoms with Gasteiger partial charge in [-0.3, -0.25) is 9.00 Å². The van der Waals surface area contributed by atoms with Crippen molar-refractivity contribution in [3.63, 3.8) is 0 Å². The van der Waals surface area contributed by atoms with E-state index in [9.17, 15) is 9.00 Å². The molecule has 1 N–H and O–H groups in total. The third-order valence-corrected chi connectivity index (χ3v) is 5.22. The Labute approximate surface area is 113 Å². The number of halogens is 1. The molecule has 0 radical (unpaired) electrons. The summed E-state index contributed by atoms with van der Waals surface area (Å²) in [5.41, 5.74) is 0. The molecule has 1 rings (SSSR count). The summed E-state index contributed by atoms with van der Waals surface area (Å²) in [6.07, 6.45) is 0. The fourth-order valence-electron chi connectivity index (χ4n) is 1.09. The zero-order chi connectivity index (χ0) is 13.1. The topological polar surface area (TPSA) is 46.2 Å². The van der Waals surface area contributed by atoms with Crippen molar-refractivity contribution < 1.29 is 9.00 Å². The van der Waals surface area contributed by atoms with Gasteiger partial charge in [0.1, 0.15) is 0 Å². The van der Waals surface area contributed by atoms with Crippen LogP contribution in [0.25, 0.3) is 0 Å². The molecule has 1 aromatic rings. The second-order valence-electron chi connectivity index (χ2n) is 4.52. The zero-order valence-corrected chi connectivity index (χ0v) is 12.5. The van der Waals surface area contributed by atoms with Gasteiger partial charge in [0.15, 0.2) is 0 Å². The van der Waals surface area contributed by atoms with E-state index >= 15 is 0 Å². The largest absolute Gasteiger partial charge is 0.350 e. The molecule has 3 nitrogen and oxygen atoms in total. The van der Waals surface area contributed by atoms with Crippen LogP contribution < -0.4 is 5.32 Å². The smallest absolute Gasteiger partial charge is 0.261 e. The number of rotatable bonds is 4. The van der Waals surface area contributed by atoms with Crippen LogP contribution in [0, 0.1) is 0 Å². The molecule has 0 saturated heterocycles. The lowest BCUT2D eigenvalue weighted by atomic mass is 10.3. The van der Waals surface area contributed by atoms with Crippen LogP contribution in [0.5, 0.6) is 0 Å². The van der Waals surface area contributed by atoms with Crippen LogP contribution in [0.4, 0.5) is 0 Å². The van der Waals surface area contributed by atoms with Gasteiger partial charge in [0, 0.05) is 27.8 Å². The number of carbonyl (C=O) groups is 1. The average Bonchev–Trinajstić information content (AvgIpc) is 2.63. The summed E-state index contributed by atoms with van der Waals surface area (Å²) >= 11 is 6.98. The minimum absolute atomic E-state index is 0.159. The Balaban J connectivity index is 2.38. The molecule has 96 valence electrons. The highest BCUT2D eigenvalue weighted by atomic mass is 35.5. The average molecular weight is 294 g/mol. The molecule has 1 amide bonds. The van der Waals surface area contributed by atoms with Gasteiger partial charge in [0.2, 0.25) is 0 Å². The molecule has 0 bridgehead atoms. The van der Waals surface area contributed by atoms with Gasteiger partial charge in [-0.15, -0.1) is 11.3 Å². The van der Waals surface area contributed by atoms with E-state index in [1.165, 1.54) is 11.3 Å². The van der Waals surface area contributed by atoms with Crippen LogP contribution >= 0.6 is 22.9 Å². The lowest BCUT2D eigenvalue weighted by molar-refractivity contribution is 0.0960. The lowest BCUT2D eigenvalue weighted by Crippen LogP contribution is -2.32. The lowest BCUT2D eigenvalue weighted by Gasteiger charge is -2.17. The van der Waals surface area contributed by atoms with E-state index < -0.39 is 10.8 Å². The quantitative estimate of drug-likeness (QED) is 0.928. The Morgan fingerprint density at radius 2 is 2.12 bits per heavy atom. The van der Waals surface area contributed by atoms with Crippen molar-refractivity contribution in [2.75, 3.05) is 12.3 Å². The predicted octanol–water partition coefficient (Wildman–Crippen LogP) is 2.68. The normalized spacial score (nSPS) is 13.4. The zero-order valence-electron chi connectivity index (χ0n) is 10.1.